The molecule has 0 aliphatic rings. The van der Waals surface area contributed by atoms with E-state index in [-0.39, 0.29) is 5.02 Å². The Morgan fingerprint density at radius 3 is 3.00 bits per heavy atom. The second kappa shape index (κ2) is 4.92. The number of hydrogen-bond donors (Lipinski definition) is 1. The van der Waals surface area contributed by atoms with Gasteiger partial charge in [-0.15, -0.1) is 11.3 Å². The Labute approximate surface area is 117 Å². The summed E-state index contributed by atoms with van der Waals surface area (Å²) >= 11 is 7.30. The van der Waals surface area contributed by atoms with E-state index in [2.05, 4.69) is 4.98 Å². The summed E-state index contributed by atoms with van der Waals surface area (Å²) in [7, 11) is 0. The number of hydrogen-bond acceptors (Lipinski definition) is 3. The average Bonchev–Trinajstić information content (AvgIpc) is 2.88. The normalized spacial score (nSPS) is 13.0. The highest BCUT2D eigenvalue weighted by Gasteiger charge is 2.13. The van der Waals surface area contributed by atoms with Crippen molar-refractivity contribution >= 4 is 27.9 Å². The fourth-order valence-corrected chi connectivity index (χ4v) is 2.91. The largest absolute Gasteiger partial charge is 0.388 e. The number of imidazole rings is 1. The molecule has 0 aliphatic carbocycles. The Bertz CT molecular complexity index is 676. The van der Waals surface area contributed by atoms with Crippen LogP contribution in [0, 0.1) is 5.82 Å². The van der Waals surface area contributed by atoms with Gasteiger partial charge in [0.05, 0.1) is 11.8 Å². The molecule has 0 radical (unpaired) electrons. The first kappa shape index (κ1) is 12.6. The summed E-state index contributed by atoms with van der Waals surface area (Å²) in [5, 5.41) is 12.3. The van der Waals surface area contributed by atoms with Crippen molar-refractivity contribution in [2.24, 2.45) is 0 Å². The lowest BCUT2D eigenvalue weighted by Crippen LogP contribution is -2.02. The van der Waals surface area contributed by atoms with Gasteiger partial charge in [0, 0.05) is 29.2 Å². The van der Waals surface area contributed by atoms with E-state index in [0.717, 1.165) is 10.7 Å². The molecule has 1 unspecified atom stereocenters. The van der Waals surface area contributed by atoms with E-state index in [1.165, 1.54) is 23.5 Å². The monoisotopic (exact) mass is 296 g/mol. The van der Waals surface area contributed by atoms with E-state index in [9.17, 15) is 9.50 Å². The van der Waals surface area contributed by atoms with Crippen molar-refractivity contribution in [3.63, 3.8) is 0 Å². The minimum absolute atomic E-state index is 0.278. The van der Waals surface area contributed by atoms with Crippen molar-refractivity contribution in [2.75, 3.05) is 0 Å². The molecule has 0 saturated carbocycles. The van der Waals surface area contributed by atoms with Crippen LogP contribution in [0.4, 0.5) is 4.39 Å². The summed E-state index contributed by atoms with van der Waals surface area (Å²) in [6, 6.07) is 4.06. The van der Waals surface area contributed by atoms with Crippen LogP contribution >= 0.6 is 22.9 Å². The fraction of sp³-hybridized carbons (Fsp3) is 0.154. The number of aromatic nitrogens is 2. The second-order valence-corrected chi connectivity index (χ2v) is 5.56. The summed E-state index contributed by atoms with van der Waals surface area (Å²) in [5.41, 5.74) is 1.22. The van der Waals surface area contributed by atoms with Crippen LogP contribution < -0.4 is 0 Å². The molecule has 1 N–H and O–H groups in total. The predicted molar refractivity (Wildman–Crippen MR) is 73.1 cm³/mol. The third kappa shape index (κ3) is 2.63. The molecule has 2 heterocycles. The lowest BCUT2D eigenvalue weighted by atomic mass is 10.1. The number of rotatable bonds is 3. The van der Waals surface area contributed by atoms with Gasteiger partial charge in [-0.1, -0.05) is 11.6 Å². The standard InChI is InChI=1S/C13H10ClFN2OS/c14-9-3-8(4-10(15)5-9)12(18)6-11-7-17-1-2-19-13(17)16-11/h1-5,7,12,18H,6H2. The molecular formula is C13H10ClFN2OS. The van der Waals surface area contributed by atoms with Crippen LogP contribution in [0.3, 0.4) is 0 Å². The van der Waals surface area contributed by atoms with Crippen LogP contribution in [0.25, 0.3) is 4.96 Å². The molecule has 1 atom stereocenters. The maximum absolute atomic E-state index is 13.2. The number of halogens is 2. The molecule has 6 heteroatoms. The molecule has 3 rings (SSSR count). The Kier molecular flexibility index (Phi) is 3.26. The first-order valence-corrected chi connectivity index (χ1v) is 6.93. The van der Waals surface area contributed by atoms with Crippen molar-refractivity contribution in [1.82, 2.24) is 9.38 Å². The SMILES string of the molecule is OC(Cc1cn2ccsc2n1)c1cc(F)cc(Cl)c1. The average molecular weight is 297 g/mol. The molecular weight excluding hydrogens is 287 g/mol. The van der Waals surface area contributed by atoms with Gasteiger partial charge in [0.25, 0.3) is 0 Å². The second-order valence-electron chi connectivity index (χ2n) is 4.25. The van der Waals surface area contributed by atoms with Crippen molar-refractivity contribution in [2.45, 2.75) is 12.5 Å². The number of aliphatic hydroxyl groups excluding tert-OH is 1. The summed E-state index contributed by atoms with van der Waals surface area (Å²) in [6.45, 7) is 0. The number of thiazole rings is 1. The van der Waals surface area contributed by atoms with Gasteiger partial charge in [0.15, 0.2) is 4.96 Å². The Morgan fingerprint density at radius 1 is 1.42 bits per heavy atom. The lowest BCUT2D eigenvalue weighted by molar-refractivity contribution is 0.177. The summed E-state index contributed by atoms with van der Waals surface area (Å²) in [4.78, 5) is 5.25. The summed E-state index contributed by atoms with van der Waals surface area (Å²) < 4.78 is 15.1. The maximum atomic E-state index is 13.2. The highest BCUT2D eigenvalue weighted by atomic mass is 35.5. The smallest absolute Gasteiger partial charge is 0.193 e. The maximum Gasteiger partial charge on any atom is 0.193 e. The van der Waals surface area contributed by atoms with E-state index in [1.807, 2.05) is 22.2 Å². The molecule has 3 nitrogen and oxygen atoms in total. The molecule has 0 bridgehead atoms. The predicted octanol–water partition coefficient (Wildman–Crippen LogP) is 3.46. The number of aliphatic hydroxyl groups is 1. The molecule has 98 valence electrons. The van der Waals surface area contributed by atoms with E-state index in [4.69, 9.17) is 11.6 Å². The van der Waals surface area contributed by atoms with Crippen LogP contribution in [-0.2, 0) is 6.42 Å². The highest BCUT2D eigenvalue weighted by molar-refractivity contribution is 7.15. The molecule has 3 aromatic rings. The van der Waals surface area contributed by atoms with Gasteiger partial charge >= 0.3 is 0 Å². The molecule has 0 saturated heterocycles. The highest BCUT2D eigenvalue weighted by Crippen LogP contribution is 2.23. The Morgan fingerprint density at radius 2 is 2.26 bits per heavy atom. The third-order valence-corrected chi connectivity index (χ3v) is 3.80. The van der Waals surface area contributed by atoms with Gasteiger partial charge in [-0.2, -0.15) is 0 Å². The molecule has 1 aromatic carbocycles. The summed E-state index contributed by atoms with van der Waals surface area (Å²) in [5.74, 6) is -0.452. The zero-order chi connectivity index (χ0) is 13.4. The van der Waals surface area contributed by atoms with Crippen LogP contribution in [0.2, 0.25) is 5.02 Å². The van der Waals surface area contributed by atoms with Crippen LogP contribution in [-0.4, -0.2) is 14.5 Å². The van der Waals surface area contributed by atoms with E-state index < -0.39 is 11.9 Å². The van der Waals surface area contributed by atoms with Crippen molar-refractivity contribution in [3.05, 3.63) is 58.1 Å². The van der Waals surface area contributed by atoms with E-state index >= 15 is 0 Å². The van der Waals surface area contributed by atoms with E-state index in [0.29, 0.717) is 12.0 Å². The van der Waals surface area contributed by atoms with Crippen LogP contribution in [0.5, 0.6) is 0 Å². The van der Waals surface area contributed by atoms with Crippen LogP contribution in [0.1, 0.15) is 17.4 Å². The number of nitrogens with zero attached hydrogens (tertiary/aromatic N) is 2. The first-order chi connectivity index (χ1) is 9.11. The molecule has 0 amide bonds. The molecule has 0 fully saturated rings. The van der Waals surface area contributed by atoms with Crippen molar-refractivity contribution in [3.8, 4) is 0 Å². The summed E-state index contributed by atoms with van der Waals surface area (Å²) in [6.07, 6.45) is 3.27. The fourth-order valence-electron chi connectivity index (χ4n) is 1.96. The van der Waals surface area contributed by atoms with E-state index in [1.54, 1.807) is 6.07 Å². The topological polar surface area (TPSA) is 37.5 Å². The van der Waals surface area contributed by atoms with Crippen LogP contribution in [0.15, 0.2) is 36.0 Å². The quantitative estimate of drug-likeness (QED) is 0.803. The molecule has 0 spiro atoms. The van der Waals surface area contributed by atoms with Gasteiger partial charge in [0.2, 0.25) is 0 Å². The number of benzene rings is 1. The zero-order valence-electron chi connectivity index (χ0n) is 9.75. The first-order valence-electron chi connectivity index (χ1n) is 5.67. The van der Waals surface area contributed by atoms with Gasteiger partial charge in [-0.3, -0.25) is 4.40 Å². The molecule has 0 aliphatic heterocycles. The van der Waals surface area contributed by atoms with Gasteiger partial charge in [-0.25, -0.2) is 9.37 Å². The van der Waals surface area contributed by atoms with Gasteiger partial charge in [0.1, 0.15) is 5.82 Å². The third-order valence-electron chi connectivity index (χ3n) is 2.82. The molecule has 19 heavy (non-hydrogen) atoms. The lowest BCUT2D eigenvalue weighted by Gasteiger charge is -2.09. The molecule has 2 aromatic heterocycles. The van der Waals surface area contributed by atoms with Gasteiger partial charge < -0.3 is 5.11 Å². The minimum Gasteiger partial charge on any atom is -0.388 e. The Hall–Kier alpha value is -1.43. The van der Waals surface area contributed by atoms with Gasteiger partial charge in [-0.05, 0) is 23.8 Å². The Balaban J connectivity index is 1.84. The van der Waals surface area contributed by atoms with Crippen molar-refractivity contribution < 1.29 is 9.50 Å². The number of fused-ring (bicyclic) bond motifs is 1. The zero-order valence-corrected chi connectivity index (χ0v) is 11.3. The van der Waals surface area contributed by atoms with Crippen molar-refractivity contribution in [1.29, 1.82) is 0 Å². The minimum atomic E-state index is -0.821.